The molecule has 368 valence electrons. The zero-order valence-electron chi connectivity index (χ0n) is 43.6. The molecule has 1 unspecified atom stereocenters. The largest absolute Gasteiger partial charge is 0.310 e. The Labute approximate surface area is 457 Å². The number of hydrogen-bond donors (Lipinski definition) is 0. The first-order valence-corrected chi connectivity index (χ1v) is 27.2. The van der Waals surface area contributed by atoms with Crippen LogP contribution in [0.15, 0.2) is 291 Å². The predicted octanol–water partition coefficient (Wildman–Crippen LogP) is 20.3. The number of nitrogens with zero attached hydrogens (tertiary/aromatic N) is 2. The van der Waals surface area contributed by atoms with Gasteiger partial charge in [0.25, 0.3) is 0 Å². The second-order valence-corrected chi connectivity index (χ2v) is 21.6. The van der Waals surface area contributed by atoms with Gasteiger partial charge in [-0.2, -0.15) is 0 Å². The highest BCUT2D eigenvalue weighted by molar-refractivity contribution is 6.03. The van der Waals surface area contributed by atoms with Crippen LogP contribution in [0.2, 0.25) is 0 Å². The lowest BCUT2D eigenvalue weighted by atomic mass is 9.70. The summed E-state index contributed by atoms with van der Waals surface area (Å²) in [4.78, 5) is 4.99. The molecule has 3 aliphatic rings. The molecular formula is C76H54N2. The molecule has 1 spiro atoms. The van der Waals surface area contributed by atoms with Crippen LogP contribution in [0, 0.1) is 0 Å². The number of para-hydroxylation sites is 3. The van der Waals surface area contributed by atoms with E-state index >= 15 is 0 Å². The molecule has 12 aromatic rings. The van der Waals surface area contributed by atoms with E-state index in [2.05, 4.69) is 315 Å². The van der Waals surface area contributed by atoms with Crippen molar-refractivity contribution >= 4 is 34.1 Å². The van der Waals surface area contributed by atoms with Gasteiger partial charge >= 0.3 is 0 Å². The van der Waals surface area contributed by atoms with E-state index in [1.807, 2.05) is 0 Å². The van der Waals surface area contributed by atoms with Gasteiger partial charge in [0.2, 0.25) is 0 Å². The Balaban J connectivity index is 1.05. The molecule has 0 fully saturated rings. The molecule has 0 saturated heterocycles. The fourth-order valence-electron chi connectivity index (χ4n) is 13.6. The Morgan fingerprint density at radius 1 is 0.218 bits per heavy atom. The van der Waals surface area contributed by atoms with E-state index in [-0.39, 0.29) is 5.41 Å². The quantitative estimate of drug-likeness (QED) is 0.142. The first kappa shape index (κ1) is 45.6. The summed E-state index contributed by atoms with van der Waals surface area (Å²) < 4.78 is 0. The van der Waals surface area contributed by atoms with Gasteiger partial charge in [0.15, 0.2) is 0 Å². The summed E-state index contributed by atoms with van der Waals surface area (Å²) in [7, 11) is 0. The molecule has 0 aromatic heterocycles. The first-order chi connectivity index (χ1) is 38.5. The van der Waals surface area contributed by atoms with Crippen LogP contribution in [0.3, 0.4) is 0 Å². The molecule has 2 heteroatoms. The third kappa shape index (κ3) is 6.89. The molecule has 12 aromatic carbocycles. The Morgan fingerprint density at radius 3 is 1.12 bits per heavy atom. The molecular weight excluding hydrogens is 941 g/mol. The summed E-state index contributed by atoms with van der Waals surface area (Å²) in [6.07, 6.45) is 0. The molecule has 0 N–H and O–H groups in total. The average molecular weight is 995 g/mol. The van der Waals surface area contributed by atoms with Crippen molar-refractivity contribution in [3.63, 3.8) is 0 Å². The molecule has 0 heterocycles. The topological polar surface area (TPSA) is 6.48 Å². The minimum Gasteiger partial charge on any atom is -0.310 e. The van der Waals surface area contributed by atoms with Gasteiger partial charge in [0.05, 0.1) is 16.8 Å². The van der Waals surface area contributed by atoms with Crippen molar-refractivity contribution in [2.24, 2.45) is 0 Å². The maximum absolute atomic E-state index is 2.57. The zero-order valence-corrected chi connectivity index (χ0v) is 43.6. The van der Waals surface area contributed by atoms with Gasteiger partial charge in [-0.1, -0.05) is 226 Å². The van der Waals surface area contributed by atoms with E-state index in [4.69, 9.17) is 0 Å². The molecule has 0 radical (unpaired) electrons. The minimum absolute atomic E-state index is 0.119. The highest BCUT2D eigenvalue weighted by Gasteiger charge is 2.53. The smallest absolute Gasteiger partial charge is 0.0727 e. The van der Waals surface area contributed by atoms with E-state index in [9.17, 15) is 0 Å². The molecule has 1 atom stereocenters. The summed E-state index contributed by atoms with van der Waals surface area (Å²) in [5.41, 5.74) is 28.3. The van der Waals surface area contributed by atoms with Gasteiger partial charge in [-0.3, -0.25) is 0 Å². The molecule has 0 aliphatic heterocycles. The normalized spacial score (nSPS) is 14.7. The molecule has 2 nitrogen and oxygen atoms in total. The summed E-state index contributed by atoms with van der Waals surface area (Å²) in [5, 5.41) is 0. The summed E-state index contributed by atoms with van der Waals surface area (Å²) in [5.74, 6) is 0. The van der Waals surface area contributed by atoms with Crippen LogP contribution in [0.5, 0.6) is 0 Å². The third-order valence-electron chi connectivity index (χ3n) is 17.0. The van der Waals surface area contributed by atoms with E-state index in [1.165, 1.54) is 89.0 Å². The van der Waals surface area contributed by atoms with Crippen molar-refractivity contribution in [2.45, 2.75) is 24.7 Å². The van der Waals surface area contributed by atoms with Crippen molar-refractivity contribution in [2.75, 3.05) is 9.80 Å². The Kier molecular flexibility index (Phi) is 10.5. The SMILES string of the molecule is CC1(C)c2ccccc2-c2cc(N(c3ccccc3)c3cc4c(cc3-c3ccccc3)-c3ccccc3C43c4ccccc4-c4cc(-c5cccc(-c6ccccc6)c5)c(N(c5ccccc5)c5ccccc5)cc43)ccc21. The van der Waals surface area contributed by atoms with Crippen molar-refractivity contribution in [1.82, 2.24) is 0 Å². The van der Waals surface area contributed by atoms with Crippen LogP contribution in [-0.4, -0.2) is 0 Å². The van der Waals surface area contributed by atoms with Gasteiger partial charge in [-0.25, -0.2) is 0 Å². The van der Waals surface area contributed by atoms with Crippen LogP contribution in [-0.2, 0) is 10.8 Å². The second kappa shape index (κ2) is 17.9. The highest BCUT2D eigenvalue weighted by Crippen LogP contribution is 2.66. The van der Waals surface area contributed by atoms with Gasteiger partial charge in [0, 0.05) is 39.3 Å². The monoisotopic (exact) mass is 994 g/mol. The Hall–Kier alpha value is -9.76. The molecule has 15 rings (SSSR count). The fourth-order valence-corrected chi connectivity index (χ4v) is 13.6. The average Bonchev–Trinajstić information content (AvgIpc) is 4.22. The van der Waals surface area contributed by atoms with Crippen molar-refractivity contribution in [1.29, 1.82) is 0 Å². The number of hydrogen-bond acceptors (Lipinski definition) is 2. The van der Waals surface area contributed by atoms with Gasteiger partial charge < -0.3 is 9.80 Å². The fraction of sp³-hybridized carbons (Fsp3) is 0.0526. The number of benzene rings is 12. The van der Waals surface area contributed by atoms with Crippen LogP contribution >= 0.6 is 0 Å². The minimum atomic E-state index is -0.691. The summed E-state index contributed by atoms with van der Waals surface area (Å²) >= 11 is 0. The van der Waals surface area contributed by atoms with Crippen molar-refractivity contribution < 1.29 is 0 Å². The maximum Gasteiger partial charge on any atom is 0.0727 e. The zero-order chi connectivity index (χ0) is 52.0. The van der Waals surface area contributed by atoms with Crippen LogP contribution < -0.4 is 9.80 Å². The summed E-state index contributed by atoms with van der Waals surface area (Å²) in [6.45, 7) is 4.73. The van der Waals surface area contributed by atoms with E-state index in [1.54, 1.807) is 0 Å². The number of anilines is 6. The predicted molar refractivity (Wildman–Crippen MR) is 326 cm³/mol. The van der Waals surface area contributed by atoms with E-state index in [0.717, 1.165) is 45.3 Å². The first-order valence-electron chi connectivity index (χ1n) is 27.2. The lowest BCUT2D eigenvalue weighted by Gasteiger charge is -2.35. The lowest BCUT2D eigenvalue weighted by molar-refractivity contribution is 0.660. The van der Waals surface area contributed by atoms with Crippen LogP contribution in [0.25, 0.3) is 66.8 Å². The Bertz CT molecular complexity index is 4240. The van der Waals surface area contributed by atoms with Crippen molar-refractivity contribution in [3.05, 3.63) is 325 Å². The number of fused-ring (bicyclic) bond motifs is 13. The number of rotatable bonds is 9. The van der Waals surface area contributed by atoms with Crippen LogP contribution in [0.1, 0.15) is 47.2 Å². The Morgan fingerprint density at radius 2 is 0.590 bits per heavy atom. The van der Waals surface area contributed by atoms with Crippen LogP contribution in [0.4, 0.5) is 34.1 Å². The molecule has 78 heavy (non-hydrogen) atoms. The van der Waals surface area contributed by atoms with Crippen molar-refractivity contribution in [3.8, 4) is 66.8 Å². The summed E-state index contributed by atoms with van der Waals surface area (Å²) in [6, 6.07) is 108. The molecule has 0 bridgehead atoms. The van der Waals surface area contributed by atoms with Gasteiger partial charge in [-0.05, 0) is 168 Å². The third-order valence-corrected chi connectivity index (χ3v) is 17.0. The lowest BCUT2D eigenvalue weighted by Crippen LogP contribution is -2.27. The van der Waals surface area contributed by atoms with E-state index < -0.39 is 5.41 Å². The second-order valence-electron chi connectivity index (χ2n) is 21.6. The van der Waals surface area contributed by atoms with Gasteiger partial charge in [0.1, 0.15) is 0 Å². The highest BCUT2D eigenvalue weighted by atomic mass is 15.2. The maximum atomic E-state index is 2.57. The van der Waals surface area contributed by atoms with Gasteiger partial charge in [-0.15, -0.1) is 0 Å². The molecule has 3 aliphatic carbocycles. The molecule has 0 saturated carbocycles. The molecule has 0 amide bonds. The standard InChI is InChI=1S/C76H54N2/c1-75(2)67-40-21-18-37-59(67)64-46-58(43-44-68(64)75)78(57-35-16-7-17-36-57)73-49-71-65(47-62(73)52-27-10-4-11-28-52)60-38-19-22-41-69(60)76(71)70-42-23-20-39-61(70)66-48-63(54-30-24-29-53(45-54)51-25-8-3-9-26-51)74(50-72(66)76)77(55-31-12-5-13-32-55)56-33-14-6-15-34-56/h3-50H,1-2H3. The van der Waals surface area contributed by atoms with E-state index in [0.29, 0.717) is 0 Å².